The van der Waals surface area contributed by atoms with Crippen LogP contribution in [0.1, 0.15) is 10.4 Å². The quantitative estimate of drug-likeness (QED) is 0.762. The molecule has 0 amide bonds. The summed E-state index contributed by atoms with van der Waals surface area (Å²) in [7, 11) is 5.13. The Morgan fingerprint density at radius 2 is 1.71 bits per heavy atom. The molecule has 0 aliphatic heterocycles. The Kier molecular flexibility index (Phi) is 3.61. The molecular weight excluding hydrogens is 277 g/mol. The van der Waals surface area contributed by atoms with Crippen LogP contribution in [0.25, 0.3) is 0 Å². The Balaban J connectivity index is 2.87. The summed E-state index contributed by atoms with van der Waals surface area (Å²) in [6.07, 6.45) is 0. The monoisotopic (exact) mass is 283 g/mol. The van der Waals surface area contributed by atoms with Crippen LogP contribution in [0.15, 0.2) is 30.3 Å². The van der Waals surface area contributed by atoms with Gasteiger partial charge in [-0.2, -0.15) is 0 Å². The average Bonchev–Trinajstić information content (AvgIpc) is 2.15. The fourth-order valence-electron chi connectivity index (χ4n) is 0.845. The van der Waals surface area contributed by atoms with Crippen LogP contribution >= 0.6 is 10.0 Å². The summed E-state index contributed by atoms with van der Waals surface area (Å²) in [6, 6.07) is 7.31. The van der Waals surface area contributed by atoms with Gasteiger partial charge >= 0.3 is 86.9 Å². The second-order valence-corrected chi connectivity index (χ2v) is 7.93. The van der Waals surface area contributed by atoms with Crippen LogP contribution in [-0.4, -0.2) is 23.0 Å². The van der Waals surface area contributed by atoms with Crippen molar-refractivity contribution < 1.29 is 18.0 Å². The molecule has 0 heterocycles. The van der Waals surface area contributed by atoms with Crippen LogP contribution in [0.2, 0.25) is 0 Å². The molecule has 0 fully saturated rings. The van der Waals surface area contributed by atoms with Gasteiger partial charge < -0.3 is 0 Å². The molecule has 0 aromatic heterocycles. The Labute approximate surface area is 87.2 Å². The van der Waals surface area contributed by atoms with E-state index in [0.29, 0.717) is 0 Å². The predicted molar refractivity (Wildman–Crippen MR) is 48.4 cm³/mol. The molecule has 0 unspecified atom stereocenters. The summed E-state index contributed by atoms with van der Waals surface area (Å²) < 4.78 is 35.4. The van der Waals surface area contributed by atoms with Gasteiger partial charge in [-0.05, 0) is 0 Å². The van der Waals surface area contributed by atoms with E-state index in [9.17, 15) is 18.0 Å². The van der Waals surface area contributed by atoms with Gasteiger partial charge in [-0.15, -0.1) is 0 Å². The number of benzene rings is 1. The molecule has 0 N–H and O–H groups in total. The van der Waals surface area contributed by atoms with Crippen molar-refractivity contribution >= 4 is 28.0 Å². The summed E-state index contributed by atoms with van der Waals surface area (Å²) in [4.78, 5) is 11.2. The first-order valence-electron chi connectivity index (χ1n) is 3.62. The second-order valence-electron chi connectivity index (χ2n) is 2.51. The molecule has 75 valence electrons. The molecule has 0 atom stereocenters. The zero-order valence-corrected chi connectivity index (χ0v) is 9.66. The van der Waals surface area contributed by atoms with Crippen molar-refractivity contribution in [3.05, 3.63) is 35.9 Å². The summed E-state index contributed by atoms with van der Waals surface area (Å²) in [5.41, 5.74) is 0.0369. The van der Waals surface area contributed by atoms with E-state index in [0.717, 1.165) is 0 Å². The molecule has 0 saturated heterocycles. The van der Waals surface area contributed by atoms with Gasteiger partial charge in [0.1, 0.15) is 0 Å². The van der Waals surface area contributed by atoms with E-state index in [-0.39, 0.29) is 5.56 Å². The minimum atomic E-state index is -4.53. The molecule has 14 heavy (non-hydrogen) atoms. The maximum absolute atomic E-state index is 12.1. The van der Waals surface area contributed by atoms with Gasteiger partial charge in [-0.1, -0.05) is 0 Å². The van der Waals surface area contributed by atoms with E-state index in [1.807, 2.05) is 0 Å². The fraction of sp³-hybridized carbons (Fsp3) is 0.125. The van der Waals surface area contributed by atoms with E-state index in [1.54, 1.807) is 6.07 Å². The molecule has 0 spiro atoms. The Morgan fingerprint density at radius 3 is 2.14 bits per heavy atom. The van der Waals surface area contributed by atoms with Crippen molar-refractivity contribution in [2.24, 2.45) is 0 Å². The summed E-state index contributed by atoms with van der Waals surface area (Å²) in [5.74, 6) is 0. The Hall–Kier alpha value is -0.487. The number of halogens is 4. The Morgan fingerprint density at radius 1 is 1.21 bits per heavy atom. The van der Waals surface area contributed by atoms with Crippen LogP contribution < -0.4 is 0 Å². The van der Waals surface area contributed by atoms with Crippen molar-refractivity contribution in [1.82, 2.24) is 0 Å². The molecule has 1 radical (unpaired) electrons. The van der Waals surface area contributed by atoms with Gasteiger partial charge in [0.15, 0.2) is 0 Å². The zero-order chi connectivity index (χ0) is 10.8. The molecule has 0 saturated carbocycles. The maximum atomic E-state index is 12.1. The third kappa shape index (κ3) is 2.75. The summed E-state index contributed by atoms with van der Waals surface area (Å²) in [6.45, 7) is 0. The van der Waals surface area contributed by atoms with Crippen molar-refractivity contribution in [1.29, 1.82) is 0 Å². The molecule has 1 aromatic rings. The van der Waals surface area contributed by atoms with Crippen molar-refractivity contribution in [3.8, 4) is 0 Å². The fourth-order valence-corrected chi connectivity index (χ4v) is 2.83. The van der Waals surface area contributed by atoms with Gasteiger partial charge in [0.2, 0.25) is 0 Å². The van der Waals surface area contributed by atoms with Crippen LogP contribution in [0.4, 0.5) is 13.2 Å². The van der Waals surface area contributed by atoms with E-state index >= 15 is 0 Å². The number of hydrogen-bond donors (Lipinski definition) is 0. The van der Waals surface area contributed by atoms with Crippen LogP contribution in [-0.2, 0) is 0 Å². The topological polar surface area (TPSA) is 17.1 Å². The first kappa shape index (κ1) is 11.6. The van der Waals surface area contributed by atoms with E-state index in [2.05, 4.69) is 0 Å². The van der Waals surface area contributed by atoms with E-state index in [4.69, 9.17) is 10.0 Å². The molecule has 0 bridgehead atoms. The number of carbonyl (C=O) groups excluding carboxylic acids is 1. The molecule has 1 nitrogen and oxygen atoms in total. The second kappa shape index (κ2) is 4.36. The number of hydrogen-bond acceptors (Lipinski definition) is 1. The SMILES string of the molecule is O=[C](c1ccccc1)[Ge]([Cl])[C](F)(F)F. The first-order chi connectivity index (χ1) is 6.43. The van der Waals surface area contributed by atoms with Crippen LogP contribution in [0, 0.1) is 0 Å². The van der Waals surface area contributed by atoms with Gasteiger partial charge in [-0.25, -0.2) is 0 Å². The van der Waals surface area contributed by atoms with Crippen LogP contribution in [0.5, 0.6) is 0 Å². The number of carbonyl (C=O) groups is 1. The predicted octanol–water partition coefficient (Wildman–Crippen LogP) is 2.74. The summed E-state index contributed by atoms with van der Waals surface area (Å²) in [5, 5.41) is -4.53. The Bertz CT molecular complexity index is 325. The molecule has 6 heteroatoms. The van der Waals surface area contributed by atoms with E-state index in [1.165, 1.54) is 24.3 Å². The molecule has 1 aromatic carbocycles. The van der Waals surface area contributed by atoms with Crippen molar-refractivity contribution in [2.75, 3.05) is 0 Å². The van der Waals surface area contributed by atoms with Gasteiger partial charge in [0.25, 0.3) is 0 Å². The average molecular weight is 282 g/mol. The van der Waals surface area contributed by atoms with Crippen molar-refractivity contribution in [3.63, 3.8) is 0 Å². The molecular formula is C8H5ClF3GeO. The first-order valence-corrected chi connectivity index (χ1v) is 8.48. The van der Waals surface area contributed by atoms with Crippen molar-refractivity contribution in [2.45, 2.75) is 5.01 Å². The molecule has 0 aliphatic rings. The van der Waals surface area contributed by atoms with E-state index < -0.39 is 23.0 Å². The molecule has 0 aliphatic carbocycles. The zero-order valence-electron chi connectivity index (χ0n) is 6.81. The standard InChI is InChI=1S/C8H5ClF3GeO/c9-13(8(10,11)12)7(14)6-4-2-1-3-5-6/h1-5H. The molecule has 1 rings (SSSR count). The third-order valence-electron chi connectivity index (χ3n) is 1.48. The number of alkyl halides is 3. The van der Waals surface area contributed by atoms with Gasteiger partial charge in [-0.3, -0.25) is 0 Å². The van der Waals surface area contributed by atoms with Gasteiger partial charge in [0.05, 0.1) is 0 Å². The normalized spacial score (nSPS) is 11.8. The number of rotatable bonds is 2. The van der Waals surface area contributed by atoms with Crippen LogP contribution in [0.3, 0.4) is 0 Å². The summed E-state index contributed by atoms with van der Waals surface area (Å²) >= 11 is -4.16. The minimum absolute atomic E-state index is 0.0369. The third-order valence-corrected chi connectivity index (χ3v) is 5.98. The van der Waals surface area contributed by atoms with Gasteiger partial charge in [0, 0.05) is 0 Å².